The fourth-order valence-electron chi connectivity index (χ4n) is 3.89. The van der Waals surface area contributed by atoms with Crippen LogP contribution in [0.2, 0.25) is 0 Å². The second-order valence-corrected chi connectivity index (χ2v) is 10.8. The molecular weight excluding hydrogens is 454 g/mol. The number of hydrogen-bond acceptors (Lipinski definition) is 5. The number of aryl methyl sites for hydroxylation is 1. The second kappa shape index (κ2) is 8.46. The Labute approximate surface area is 195 Å². The van der Waals surface area contributed by atoms with Crippen molar-refractivity contribution in [2.45, 2.75) is 18.4 Å². The molecule has 1 amide bonds. The fourth-order valence-corrected chi connectivity index (χ4v) is 6.14. The summed E-state index contributed by atoms with van der Waals surface area (Å²) in [6, 6.07) is 22.9. The van der Waals surface area contributed by atoms with Gasteiger partial charge in [-0.15, -0.1) is 0 Å². The molecule has 33 heavy (non-hydrogen) atoms. The maximum atomic E-state index is 13.3. The summed E-state index contributed by atoms with van der Waals surface area (Å²) < 4.78 is 29.4. The Morgan fingerprint density at radius 2 is 1.73 bits per heavy atom. The van der Waals surface area contributed by atoms with E-state index in [4.69, 9.17) is 0 Å². The van der Waals surface area contributed by atoms with Crippen molar-refractivity contribution in [3.8, 4) is 0 Å². The molecule has 2 aromatic heterocycles. The monoisotopic (exact) mass is 475 g/mol. The number of carbonyl (C=O) groups is 1. The lowest BCUT2D eigenvalue weighted by atomic mass is 10.1. The molecule has 6 nitrogen and oxygen atoms in total. The minimum Gasteiger partial charge on any atom is -0.342 e. The predicted octanol–water partition coefficient (Wildman–Crippen LogP) is 5.02. The lowest BCUT2D eigenvalue weighted by Crippen LogP contribution is -2.22. The van der Waals surface area contributed by atoms with E-state index < -0.39 is 21.5 Å². The van der Waals surface area contributed by atoms with Gasteiger partial charge in [0, 0.05) is 23.6 Å². The van der Waals surface area contributed by atoms with E-state index in [1.54, 1.807) is 18.3 Å². The van der Waals surface area contributed by atoms with E-state index in [1.807, 2.05) is 72.2 Å². The third-order valence-corrected chi connectivity index (χ3v) is 8.14. The molecule has 3 aromatic carbocycles. The molecule has 8 heteroatoms. The summed E-state index contributed by atoms with van der Waals surface area (Å²) in [6.45, 7) is 2.58. The lowest BCUT2D eigenvalue weighted by molar-refractivity contribution is -0.113. The standard InChI is InChI=1S/C25H21N3O3S2/c1-17-8-2-3-9-18(17)14-28-15-23(19-10-4-6-12-21(19)28)33(30,31)16-24(29)27-25-26-20-11-5-7-13-22(20)32-25/h2-13,15H,14,16H2,1H3,(H,26,27,29). The van der Waals surface area contributed by atoms with E-state index >= 15 is 0 Å². The third-order valence-electron chi connectivity index (χ3n) is 5.55. The van der Waals surface area contributed by atoms with E-state index in [9.17, 15) is 13.2 Å². The Morgan fingerprint density at radius 3 is 2.55 bits per heavy atom. The molecule has 5 aromatic rings. The average Bonchev–Trinajstić information content (AvgIpc) is 3.36. The summed E-state index contributed by atoms with van der Waals surface area (Å²) in [5.41, 5.74) is 3.82. The SMILES string of the molecule is Cc1ccccc1Cn1cc(S(=O)(=O)CC(=O)Nc2nc3ccccc3s2)c2ccccc21. The van der Waals surface area contributed by atoms with Gasteiger partial charge in [-0.2, -0.15) is 0 Å². The molecule has 0 saturated carbocycles. The molecule has 0 radical (unpaired) electrons. The van der Waals surface area contributed by atoms with Crippen LogP contribution in [-0.4, -0.2) is 29.6 Å². The van der Waals surface area contributed by atoms with Crippen molar-refractivity contribution >= 4 is 53.3 Å². The maximum Gasteiger partial charge on any atom is 0.241 e. The first-order valence-corrected chi connectivity index (χ1v) is 12.9. The number of anilines is 1. The predicted molar refractivity (Wildman–Crippen MR) is 133 cm³/mol. The van der Waals surface area contributed by atoms with E-state index in [-0.39, 0.29) is 4.90 Å². The first-order chi connectivity index (χ1) is 15.9. The molecule has 0 aliphatic carbocycles. The van der Waals surface area contributed by atoms with Crippen LogP contribution >= 0.6 is 11.3 Å². The number of nitrogens with zero attached hydrogens (tertiary/aromatic N) is 2. The van der Waals surface area contributed by atoms with Gasteiger partial charge in [0.05, 0.1) is 15.1 Å². The van der Waals surface area contributed by atoms with E-state index in [0.717, 1.165) is 26.9 Å². The summed E-state index contributed by atoms with van der Waals surface area (Å²) >= 11 is 1.31. The maximum absolute atomic E-state index is 13.3. The Morgan fingerprint density at radius 1 is 1.00 bits per heavy atom. The van der Waals surface area contributed by atoms with Gasteiger partial charge in [-0.1, -0.05) is 65.9 Å². The highest BCUT2D eigenvalue weighted by atomic mass is 32.2. The number of fused-ring (bicyclic) bond motifs is 2. The fraction of sp³-hybridized carbons (Fsp3) is 0.120. The molecule has 2 heterocycles. The molecule has 0 aliphatic rings. The number of para-hydroxylation sites is 2. The summed E-state index contributed by atoms with van der Waals surface area (Å²) in [5.74, 6) is -1.26. The minimum atomic E-state index is -3.87. The number of aromatic nitrogens is 2. The Hall–Kier alpha value is -3.49. The van der Waals surface area contributed by atoms with Crippen LogP contribution in [0, 0.1) is 6.92 Å². The molecule has 0 unspecified atom stereocenters. The molecule has 0 saturated heterocycles. The van der Waals surface area contributed by atoms with Crippen molar-refractivity contribution in [2.75, 3.05) is 11.1 Å². The largest absolute Gasteiger partial charge is 0.342 e. The third kappa shape index (κ3) is 4.27. The molecule has 0 aliphatic heterocycles. The van der Waals surface area contributed by atoms with Crippen molar-refractivity contribution < 1.29 is 13.2 Å². The Balaban J connectivity index is 1.43. The second-order valence-electron chi connectivity index (χ2n) is 7.86. The van der Waals surface area contributed by atoms with Gasteiger partial charge in [-0.05, 0) is 36.2 Å². The van der Waals surface area contributed by atoms with Crippen LogP contribution in [-0.2, 0) is 21.2 Å². The summed E-state index contributed by atoms with van der Waals surface area (Å²) in [7, 11) is -3.87. The topological polar surface area (TPSA) is 81.1 Å². The van der Waals surface area contributed by atoms with Gasteiger partial charge < -0.3 is 9.88 Å². The zero-order chi connectivity index (χ0) is 23.0. The summed E-state index contributed by atoms with van der Waals surface area (Å²) in [5, 5.41) is 3.64. The molecule has 166 valence electrons. The number of amides is 1. The van der Waals surface area contributed by atoms with Crippen LogP contribution in [0.1, 0.15) is 11.1 Å². The molecule has 0 fully saturated rings. The molecule has 0 atom stereocenters. The van der Waals surface area contributed by atoms with E-state index in [0.29, 0.717) is 17.1 Å². The minimum absolute atomic E-state index is 0.158. The molecule has 0 bridgehead atoms. The molecule has 0 spiro atoms. The Bertz CT molecular complexity index is 1570. The number of hydrogen-bond donors (Lipinski definition) is 1. The zero-order valence-electron chi connectivity index (χ0n) is 17.9. The van der Waals surface area contributed by atoms with Gasteiger partial charge in [-0.3, -0.25) is 4.79 Å². The highest BCUT2D eigenvalue weighted by Gasteiger charge is 2.25. The van der Waals surface area contributed by atoms with Gasteiger partial charge in [0.2, 0.25) is 5.91 Å². The average molecular weight is 476 g/mol. The highest BCUT2D eigenvalue weighted by Crippen LogP contribution is 2.29. The van der Waals surface area contributed by atoms with Gasteiger partial charge in [0.25, 0.3) is 0 Å². The molecule has 5 rings (SSSR count). The Kier molecular flexibility index (Phi) is 5.47. The summed E-state index contributed by atoms with van der Waals surface area (Å²) in [4.78, 5) is 17.1. The van der Waals surface area contributed by atoms with Crippen LogP contribution in [0.4, 0.5) is 5.13 Å². The number of thiazole rings is 1. The summed E-state index contributed by atoms with van der Waals surface area (Å²) in [6.07, 6.45) is 1.64. The van der Waals surface area contributed by atoms with Gasteiger partial charge in [-0.25, -0.2) is 13.4 Å². The van der Waals surface area contributed by atoms with Gasteiger partial charge >= 0.3 is 0 Å². The quantitative estimate of drug-likeness (QED) is 0.374. The molecule has 1 N–H and O–H groups in total. The van der Waals surface area contributed by atoms with Crippen LogP contribution < -0.4 is 5.32 Å². The van der Waals surface area contributed by atoms with E-state index in [2.05, 4.69) is 10.3 Å². The van der Waals surface area contributed by atoms with Crippen molar-refractivity contribution in [3.63, 3.8) is 0 Å². The van der Waals surface area contributed by atoms with Crippen molar-refractivity contribution in [1.82, 2.24) is 9.55 Å². The number of benzene rings is 3. The van der Waals surface area contributed by atoms with Crippen LogP contribution in [0.15, 0.2) is 83.9 Å². The number of carbonyl (C=O) groups excluding carboxylic acids is 1. The number of nitrogens with one attached hydrogen (secondary N) is 1. The van der Waals surface area contributed by atoms with Crippen LogP contribution in [0.25, 0.3) is 21.1 Å². The number of sulfone groups is 1. The molecular formula is C25H21N3O3S2. The highest BCUT2D eigenvalue weighted by molar-refractivity contribution is 7.92. The first-order valence-electron chi connectivity index (χ1n) is 10.4. The van der Waals surface area contributed by atoms with E-state index in [1.165, 1.54) is 11.3 Å². The number of rotatable bonds is 6. The van der Waals surface area contributed by atoms with Crippen LogP contribution in [0.3, 0.4) is 0 Å². The van der Waals surface area contributed by atoms with Crippen LogP contribution in [0.5, 0.6) is 0 Å². The van der Waals surface area contributed by atoms with Crippen molar-refractivity contribution in [2.24, 2.45) is 0 Å². The normalized spacial score (nSPS) is 11.8. The van der Waals surface area contributed by atoms with Crippen molar-refractivity contribution in [1.29, 1.82) is 0 Å². The van der Waals surface area contributed by atoms with Gasteiger partial charge in [0.15, 0.2) is 15.0 Å². The van der Waals surface area contributed by atoms with Crippen molar-refractivity contribution in [3.05, 3.63) is 90.1 Å². The van der Waals surface area contributed by atoms with Gasteiger partial charge in [0.1, 0.15) is 5.75 Å². The lowest BCUT2D eigenvalue weighted by Gasteiger charge is -2.08. The zero-order valence-corrected chi connectivity index (χ0v) is 19.5. The first kappa shape index (κ1) is 21.4. The smallest absolute Gasteiger partial charge is 0.241 e.